The molecule has 0 bridgehead atoms. The monoisotopic (exact) mass is 522 g/mol. The Kier molecular flexibility index (Phi) is 8.07. The lowest BCUT2D eigenvalue weighted by Gasteiger charge is -2.44. The fourth-order valence-corrected chi connectivity index (χ4v) is 7.54. The van der Waals surface area contributed by atoms with Gasteiger partial charge in [-0.05, 0) is 73.1 Å². The van der Waals surface area contributed by atoms with Crippen molar-refractivity contribution in [3.05, 3.63) is 75.1 Å². The molecule has 2 aromatic rings. The Labute approximate surface area is 223 Å². The van der Waals surface area contributed by atoms with Crippen molar-refractivity contribution in [2.24, 2.45) is 5.92 Å². The van der Waals surface area contributed by atoms with Crippen LogP contribution in [0.4, 0.5) is 0 Å². The first-order valence-electron chi connectivity index (χ1n) is 13.3. The van der Waals surface area contributed by atoms with Crippen molar-refractivity contribution in [3.63, 3.8) is 0 Å². The molecule has 4 unspecified atom stereocenters. The van der Waals surface area contributed by atoms with E-state index in [-0.39, 0.29) is 23.9 Å². The van der Waals surface area contributed by atoms with Gasteiger partial charge in [0.15, 0.2) is 0 Å². The molecule has 1 saturated heterocycles. The van der Waals surface area contributed by atoms with Crippen LogP contribution in [0.25, 0.3) is 6.08 Å². The number of carbonyl (C=O) groups is 2. The number of fused-ring (bicyclic) bond motifs is 1. The highest BCUT2D eigenvalue weighted by Crippen LogP contribution is 2.42. The van der Waals surface area contributed by atoms with Crippen LogP contribution in [-0.4, -0.2) is 34.0 Å². The van der Waals surface area contributed by atoms with E-state index in [0.717, 1.165) is 35.3 Å². The number of amides is 2. The smallest absolute Gasteiger partial charge is 0.260 e. The summed E-state index contributed by atoms with van der Waals surface area (Å²) in [5.41, 5.74) is 2.69. The number of benzene rings is 2. The molecule has 3 fully saturated rings. The first-order chi connectivity index (χ1) is 17.5. The van der Waals surface area contributed by atoms with Gasteiger partial charge in [0, 0.05) is 34.5 Å². The number of halogens is 1. The molecule has 1 heterocycles. The number of thioether (sulfide) groups is 1. The maximum atomic E-state index is 13.6. The highest BCUT2D eigenvalue weighted by Gasteiger charge is 2.40. The highest BCUT2D eigenvalue weighted by molar-refractivity contribution is 8.04. The van der Waals surface area contributed by atoms with Crippen molar-refractivity contribution in [1.82, 2.24) is 10.2 Å². The van der Waals surface area contributed by atoms with Gasteiger partial charge in [-0.15, -0.1) is 11.8 Å². The summed E-state index contributed by atoms with van der Waals surface area (Å²) < 4.78 is 0. The Morgan fingerprint density at radius 3 is 2.58 bits per heavy atom. The molecule has 190 valence electrons. The molecule has 2 aliphatic carbocycles. The van der Waals surface area contributed by atoms with Gasteiger partial charge in [0.05, 0.1) is 4.91 Å². The maximum absolute atomic E-state index is 13.6. The van der Waals surface area contributed by atoms with Gasteiger partial charge in [-0.25, -0.2) is 0 Å². The Hall–Kier alpha value is -2.24. The van der Waals surface area contributed by atoms with Gasteiger partial charge in [0.2, 0.25) is 0 Å². The van der Waals surface area contributed by atoms with E-state index in [1.807, 2.05) is 54.6 Å². The second-order valence-corrected chi connectivity index (χ2v) is 12.3. The average molecular weight is 523 g/mol. The van der Waals surface area contributed by atoms with E-state index in [0.29, 0.717) is 28.3 Å². The zero-order valence-electron chi connectivity index (χ0n) is 20.9. The summed E-state index contributed by atoms with van der Waals surface area (Å²) in [6.07, 6.45) is 11.2. The van der Waals surface area contributed by atoms with Crippen LogP contribution in [0.2, 0.25) is 5.02 Å². The molecule has 1 aliphatic heterocycles. The van der Waals surface area contributed by atoms with Crippen molar-refractivity contribution < 1.29 is 9.59 Å². The minimum absolute atomic E-state index is 0.00573. The molecular formula is C30H35ClN2O2S. The summed E-state index contributed by atoms with van der Waals surface area (Å²) in [6, 6.07) is 16.0. The Bertz CT molecular complexity index is 1130. The molecule has 6 heteroatoms. The molecule has 2 saturated carbocycles. The third kappa shape index (κ3) is 5.84. The van der Waals surface area contributed by atoms with Gasteiger partial charge in [0.1, 0.15) is 0 Å². The van der Waals surface area contributed by atoms with E-state index in [1.165, 1.54) is 32.1 Å². The van der Waals surface area contributed by atoms with Crippen molar-refractivity contribution >= 4 is 41.3 Å². The van der Waals surface area contributed by atoms with Crippen LogP contribution < -0.4 is 5.32 Å². The molecular weight excluding hydrogens is 488 g/mol. The molecule has 2 aromatic carbocycles. The lowest BCUT2D eigenvalue weighted by atomic mass is 9.86. The van der Waals surface area contributed by atoms with Gasteiger partial charge < -0.3 is 10.2 Å². The topological polar surface area (TPSA) is 49.4 Å². The molecule has 0 aromatic heterocycles. The molecule has 0 spiro atoms. The highest BCUT2D eigenvalue weighted by atomic mass is 35.5. The standard InChI is InChI=1S/C30H35ClN2O2S/c1-20-7-2-3-10-25(20)32-29(34)23-15-13-21(14-16-23)18-28-30(35)33(19-22-8-6-9-24(31)17-22)26-11-4-5-12-27(26)36-28/h6,8-9,13-18,20,25-27H,2-5,7,10-12,19H2,1H3,(H,32,34)/b28-18+. The van der Waals surface area contributed by atoms with E-state index in [2.05, 4.69) is 17.1 Å². The van der Waals surface area contributed by atoms with Crippen molar-refractivity contribution in [1.29, 1.82) is 0 Å². The van der Waals surface area contributed by atoms with E-state index in [1.54, 1.807) is 11.8 Å². The third-order valence-corrected chi connectivity index (χ3v) is 9.59. The molecule has 4 atom stereocenters. The van der Waals surface area contributed by atoms with Gasteiger partial charge in [-0.3, -0.25) is 9.59 Å². The summed E-state index contributed by atoms with van der Waals surface area (Å²) in [4.78, 5) is 29.3. The zero-order valence-corrected chi connectivity index (χ0v) is 22.5. The first-order valence-corrected chi connectivity index (χ1v) is 14.6. The largest absolute Gasteiger partial charge is 0.349 e. The third-order valence-electron chi connectivity index (χ3n) is 7.96. The fourth-order valence-electron chi connectivity index (χ4n) is 5.86. The molecule has 0 radical (unpaired) electrons. The Morgan fingerprint density at radius 2 is 1.81 bits per heavy atom. The molecule has 3 aliphatic rings. The minimum atomic E-state index is -0.00573. The second kappa shape index (κ2) is 11.4. The van der Waals surface area contributed by atoms with E-state index >= 15 is 0 Å². The van der Waals surface area contributed by atoms with Crippen LogP contribution in [0, 0.1) is 5.92 Å². The summed E-state index contributed by atoms with van der Waals surface area (Å²) in [5, 5.41) is 4.35. The summed E-state index contributed by atoms with van der Waals surface area (Å²) in [7, 11) is 0. The lowest BCUT2D eigenvalue weighted by Crippen LogP contribution is -2.50. The van der Waals surface area contributed by atoms with Crippen molar-refractivity contribution in [2.75, 3.05) is 0 Å². The molecule has 36 heavy (non-hydrogen) atoms. The van der Waals surface area contributed by atoms with Crippen LogP contribution in [0.3, 0.4) is 0 Å². The van der Waals surface area contributed by atoms with E-state index < -0.39 is 0 Å². The molecule has 4 nitrogen and oxygen atoms in total. The lowest BCUT2D eigenvalue weighted by molar-refractivity contribution is -0.130. The van der Waals surface area contributed by atoms with Gasteiger partial charge in [0.25, 0.3) is 11.8 Å². The normalized spacial score (nSPS) is 27.6. The minimum Gasteiger partial charge on any atom is -0.349 e. The number of carbonyl (C=O) groups excluding carboxylic acids is 2. The van der Waals surface area contributed by atoms with E-state index in [4.69, 9.17) is 11.6 Å². The SMILES string of the molecule is CC1CCCCC1NC(=O)c1ccc(/C=C2/SC3CCCCC3N(Cc3cccc(Cl)c3)C2=O)cc1. The molecule has 5 rings (SSSR count). The number of nitrogens with zero attached hydrogens (tertiary/aromatic N) is 1. The number of rotatable bonds is 5. The summed E-state index contributed by atoms with van der Waals surface area (Å²) in [6.45, 7) is 2.81. The predicted molar refractivity (Wildman–Crippen MR) is 149 cm³/mol. The Morgan fingerprint density at radius 1 is 1.06 bits per heavy atom. The zero-order chi connectivity index (χ0) is 25.1. The fraction of sp³-hybridized carbons (Fsp3) is 0.467. The number of hydrogen-bond acceptors (Lipinski definition) is 3. The molecule has 1 N–H and O–H groups in total. The van der Waals surface area contributed by atoms with E-state index in [9.17, 15) is 9.59 Å². The molecule has 2 amide bonds. The first kappa shape index (κ1) is 25.4. The Balaban J connectivity index is 1.32. The second-order valence-electron chi connectivity index (χ2n) is 10.5. The van der Waals surface area contributed by atoms with Gasteiger partial charge in [-0.2, -0.15) is 0 Å². The number of hydrogen-bond donors (Lipinski definition) is 1. The van der Waals surface area contributed by atoms with Crippen LogP contribution in [0.1, 0.15) is 79.8 Å². The predicted octanol–water partition coefficient (Wildman–Crippen LogP) is 7.08. The van der Waals surface area contributed by atoms with Crippen LogP contribution in [0.15, 0.2) is 53.4 Å². The van der Waals surface area contributed by atoms with Crippen LogP contribution in [-0.2, 0) is 11.3 Å². The summed E-state index contributed by atoms with van der Waals surface area (Å²) in [5.74, 6) is 0.615. The van der Waals surface area contributed by atoms with Crippen molar-refractivity contribution in [2.45, 2.75) is 82.2 Å². The van der Waals surface area contributed by atoms with Crippen LogP contribution >= 0.6 is 23.4 Å². The van der Waals surface area contributed by atoms with Crippen molar-refractivity contribution in [3.8, 4) is 0 Å². The van der Waals surface area contributed by atoms with Gasteiger partial charge >= 0.3 is 0 Å². The number of nitrogens with one attached hydrogen (secondary N) is 1. The summed E-state index contributed by atoms with van der Waals surface area (Å²) >= 11 is 7.96. The average Bonchev–Trinajstić information content (AvgIpc) is 2.88. The maximum Gasteiger partial charge on any atom is 0.260 e. The van der Waals surface area contributed by atoms with Crippen LogP contribution in [0.5, 0.6) is 0 Å². The quantitative estimate of drug-likeness (QED) is 0.427. The van der Waals surface area contributed by atoms with Gasteiger partial charge in [-0.1, -0.05) is 68.5 Å².